The monoisotopic (exact) mass is 391 g/mol. The summed E-state index contributed by atoms with van der Waals surface area (Å²) in [6.45, 7) is 0.512. The Morgan fingerprint density at radius 3 is 2.44 bits per heavy atom. The molecule has 0 radical (unpaired) electrons. The Morgan fingerprint density at radius 1 is 1.11 bits per heavy atom. The van der Waals surface area contributed by atoms with Gasteiger partial charge in [0, 0.05) is 5.75 Å². The van der Waals surface area contributed by atoms with E-state index >= 15 is 0 Å². The predicted molar refractivity (Wildman–Crippen MR) is 107 cm³/mol. The van der Waals surface area contributed by atoms with Crippen LogP contribution in [0.25, 0.3) is 0 Å². The molecular weight excluding hydrogens is 364 g/mol. The zero-order valence-corrected chi connectivity index (χ0v) is 16.8. The summed E-state index contributed by atoms with van der Waals surface area (Å²) in [6, 6.07) is 13.1. The van der Waals surface area contributed by atoms with E-state index in [1.807, 2.05) is 39.3 Å². The first-order valence-corrected chi connectivity index (χ1v) is 9.92. The topological polar surface area (TPSA) is 79.5 Å². The molecule has 0 unspecified atom stereocenters. The first-order chi connectivity index (χ1) is 12.7. The maximum Gasteiger partial charge on any atom is 0.305 e. The van der Waals surface area contributed by atoms with Crippen molar-refractivity contribution in [2.24, 2.45) is 0 Å². The SMILES string of the molecule is C[N+](C)(C)C[C@@H](CC(=O)O)NC(=O)c1ccc(CSCc2ccccc2)o1. The minimum absolute atomic E-state index is 0.123. The van der Waals surface area contributed by atoms with Gasteiger partial charge in [0.1, 0.15) is 5.76 Å². The van der Waals surface area contributed by atoms with Crippen LogP contribution >= 0.6 is 11.8 Å². The van der Waals surface area contributed by atoms with Crippen molar-refractivity contribution in [2.75, 3.05) is 27.7 Å². The Labute approximate surface area is 164 Å². The number of carboxylic acid groups (broad SMARTS) is 1. The van der Waals surface area contributed by atoms with Crippen molar-refractivity contribution < 1.29 is 23.6 Å². The van der Waals surface area contributed by atoms with Crippen molar-refractivity contribution in [3.63, 3.8) is 0 Å². The van der Waals surface area contributed by atoms with Crippen LogP contribution in [-0.2, 0) is 16.3 Å². The summed E-state index contributed by atoms with van der Waals surface area (Å²) in [7, 11) is 5.86. The summed E-state index contributed by atoms with van der Waals surface area (Å²) in [6.07, 6.45) is -0.123. The van der Waals surface area contributed by atoms with E-state index in [1.54, 1.807) is 23.9 Å². The molecule has 7 heteroatoms. The fraction of sp³-hybridized carbons (Fsp3) is 0.400. The molecule has 6 nitrogen and oxygen atoms in total. The molecule has 1 atom stereocenters. The highest BCUT2D eigenvalue weighted by molar-refractivity contribution is 7.97. The lowest BCUT2D eigenvalue weighted by molar-refractivity contribution is -0.871. The molecule has 0 aliphatic rings. The number of likely N-dealkylation sites (N-methyl/N-ethyl adjacent to an activating group) is 1. The van der Waals surface area contributed by atoms with Gasteiger partial charge in [-0.25, -0.2) is 0 Å². The molecule has 146 valence electrons. The summed E-state index contributed by atoms with van der Waals surface area (Å²) in [4.78, 5) is 23.5. The highest BCUT2D eigenvalue weighted by Gasteiger charge is 2.24. The van der Waals surface area contributed by atoms with Gasteiger partial charge in [-0.2, -0.15) is 0 Å². The summed E-state index contributed by atoms with van der Waals surface area (Å²) < 4.78 is 6.19. The first-order valence-electron chi connectivity index (χ1n) is 8.76. The van der Waals surface area contributed by atoms with Gasteiger partial charge in [0.05, 0.1) is 45.9 Å². The number of nitrogens with zero attached hydrogens (tertiary/aromatic N) is 1. The molecule has 1 heterocycles. The number of thioether (sulfide) groups is 1. The number of amides is 1. The van der Waals surface area contributed by atoms with Crippen molar-refractivity contribution in [2.45, 2.75) is 24.0 Å². The van der Waals surface area contributed by atoms with E-state index in [9.17, 15) is 9.59 Å². The predicted octanol–water partition coefficient (Wildman–Crippen LogP) is 2.99. The molecule has 0 aliphatic heterocycles. The zero-order valence-electron chi connectivity index (χ0n) is 16.0. The number of carbonyl (C=O) groups excluding carboxylic acids is 1. The van der Waals surface area contributed by atoms with Gasteiger partial charge in [-0.3, -0.25) is 9.59 Å². The molecular formula is C20H27N2O4S+. The van der Waals surface area contributed by atoms with Crippen LogP contribution in [0.4, 0.5) is 0 Å². The molecule has 2 N–H and O–H groups in total. The van der Waals surface area contributed by atoms with Gasteiger partial charge < -0.3 is 19.3 Å². The third-order valence-electron chi connectivity index (χ3n) is 3.77. The molecule has 1 aromatic carbocycles. The summed E-state index contributed by atoms with van der Waals surface area (Å²) in [5.41, 5.74) is 1.24. The average molecular weight is 392 g/mol. The molecule has 0 aliphatic carbocycles. The van der Waals surface area contributed by atoms with Gasteiger partial charge in [0.25, 0.3) is 5.91 Å². The van der Waals surface area contributed by atoms with Gasteiger partial charge in [-0.05, 0) is 17.7 Å². The lowest BCUT2D eigenvalue weighted by Crippen LogP contribution is -2.49. The van der Waals surface area contributed by atoms with E-state index in [4.69, 9.17) is 9.52 Å². The van der Waals surface area contributed by atoms with Gasteiger partial charge >= 0.3 is 5.97 Å². The number of quaternary nitrogens is 1. The van der Waals surface area contributed by atoms with Crippen molar-refractivity contribution in [3.8, 4) is 0 Å². The summed E-state index contributed by atoms with van der Waals surface area (Å²) in [5, 5.41) is 11.9. The third kappa shape index (κ3) is 7.88. The molecule has 0 fully saturated rings. The molecule has 0 spiro atoms. The lowest BCUT2D eigenvalue weighted by Gasteiger charge is -2.28. The second kappa shape index (κ2) is 9.62. The Hall–Kier alpha value is -2.25. The van der Waals surface area contributed by atoms with Crippen LogP contribution in [-0.4, -0.2) is 55.2 Å². The van der Waals surface area contributed by atoms with Gasteiger partial charge in [0.15, 0.2) is 5.76 Å². The number of hydrogen-bond acceptors (Lipinski definition) is 4. The Bertz CT molecular complexity index is 753. The number of carboxylic acids is 1. The fourth-order valence-electron chi connectivity index (χ4n) is 2.71. The molecule has 2 rings (SSSR count). The van der Waals surface area contributed by atoms with Gasteiger partial charge in [-0.1, -0.05) is 30.3 Å². The van der Waals surface area contributed by atoms with Gasteiger partial charge in [-0.15, -0.1) is 11.8 Å². The molecule has 27 heavy (non-hydrogen) atoms. The first kappa shape index (κ1) is 21.1. The number of rotatable bonds is 10. The van der Waals surface area contributed by atoms with Crippen LogP contribution < -0.4 is 5.32 Å². The van der Waals surface area contributed by atoms with Crippen LogP contribution in [0.15, 0.2) is 46.9 Å². The van der Waals surface area contributed by atoms with E-state index < -0.39 is 12.0 Å². The maximum absolute atomic E-state index is 12.4. The largest absolute Gasteiger partial charge is 0.481 e. The molecule has 0 bridgehead atoms. The van der Waals surface area contributed by atoms with Crippen molar-refractivity contribution in [1.82, 2.24) is 5.32 Å². The molecule has 0 saturated carbocycles. The van der Waals surface area contributed by atoms with E-state index in [-0.39, 0.29) is 18.1 Å². The van der Waals surface area contributed by atoms with Crippen molar-refractivity contribution in [3.05, 3.63) is 59.5 Å². The molecule has 1 aromatic heterocycles. The van der Waals surface area contributed by atoms with Crippen LogP contribution in [0.1, 0.15) is 28.3 Å². The zero-order chi connectivity index (χ0) is 19.9. The second-order valence-electron chi connectivity index (χ2n) is 7.49. The van der Waals surface area contributed by atoms with E-state index in [0.717, 1.165) is 11.5 Å². The molecule has 1 amide bonds. The van der Waals surface area contributed by atoms with Crippen LogP contribution in [0.3, 0.4) is 0 Å². The smallest absolute Gasteiger partial charge is 0.305 e. The third-order valence-corrected chi connectivity index (χ3v) is 4.79. The van der Waals surface area contributed by atoms with Crippen LogP contribution in [0, 0.1) is 0 Å². The molecule has 2 aromatic rings. The molecule has 0 saturated heterocycles. The highest BCUT2D eigenvalue weighted by Crippen LogP contribution is 2.19. The van der Waals surface area contributed by atoms with Crippen LogP contribution in [0.2, 0.25) is 0 Å². The minimum Gasteiger partial charge on any atom is -0.481 e. The average Bonchev–Trinajstić information content (AvgIpc) is 3.02. The number of furan rings is 1. The number of hydrogen-bond donors (Lipinski definition) is 2. The Morgan fingerprint density at radius 2 is 1.81 bits per heavy atom. The number of nitrogens with one attached hydrogen (secondary N) is 1. The Kier molecular flexibility index (Phi) is 7.50. The quantitative estimate of drug-likeness (QED) is 0.609. The van der Waals surface area contributed by atoms with Crippen molar-refractivity contribution in [1.29, 1.82) is 0 Å². The van der Waals surface area contributed by atoms with E-state index in [0.29, 0.717) is 16.8 Å². The maximum atomic E-state index is 12.4. The van der Waals surface area contributed by atoms with Gasteiger partial charge in [0.2, 0.25) is 0 Å². The Balaban J connectivity index is 1.89. The van der Waals surface area contributed by atoms with Crippen LogP contribution in [0.5, 0.6) is 0 Å². The summed E-state index contributed by atoms with van der Waals surface area (Å²) in [5.74, 6) is 1.15. The highest BCUT2D eigenvalue weighted by atomic mass is 32.2. The minimum atomic E-state index is -0.939. The summed E-state index contributed by atoms with van der Waals surface area (Å²) >= 11 is 1.71. The second-order valence-corrected chi connectivity index (χ2v) is 8.47. The van der Waals surface area contributed by atoms with E-state index in [1.165, 1.54) is 5.56 Å². The number of carbonyl (C=O) groups is 2. The fourth-order valence-corrected chi connectivity index (χ4v) is 3.60. The number of benzene rings is 1. The lowest BCUT2D eigenvalue weighted by atomic mass is 10.2. The van der Waals surface area contributed by atoms with E-state index in [2.05, 4.69) is 17.4 Å². The normalized spacial score (nSPS) is 12.6. The standard InChI is InChI=1S/C20H26N2O4S/c1-22(2,3)12-16(11-19(23)24)21-20(25)18-10-9-17(26-18)14-27-13-15-7-5-4-6-8-15/h4-10,16H,11-14H2,1-3H3,(H-,21,23,24,25)/p+1/t16-/m1/s1. The number of aliphatic carboxylic acids is 1. The van der Waals surface area contributed by atoms with Crippen molar-refractivity contribution >= 4 is 23.6 Å².